The number of hydrogen-bond donors (Lipinski definition) is 0. The zero-order valence-corrected chi connectivity index (χ0v) is 9.74. The van der Waals surface area contributed by atoms with Crippen molar-refractivity contribution in [1.29, 1.82) is 0 Å². The lowest BCUT2D eigenvalue weighted by Crippen LogP contribution is -2.36. The minimum absolute atomic E-state index is 0.289. The van der Waals surface area contributed by atoms with E-state index in [0.29, 0.717) is 5.56 Å². The van der Waals surface area contributed by atoms with Crippen LogP contribution in [0.25, 0.3) is 0 Å². The summed E-state index contributed by atoms with van der Waals surface area (Å²) in [6.45, 7) is 3.43. The molecule has 0 amide bonds. The number of aromatic nitrogens is 1. The van der Waals surface area contributed by atoms with Crippen LogP contribution in [0.15, 0.2) is 24.5 Å². The lowest BCUT2D eigenvalue weighted by molar-refractivity contribution is -0.322. The van der Waals surface area contributed by atoms with Gasteiger partial charge in [0.05, 0.1) is 0 Å². The molecule has 0 aromatic carbocycles. The first-order chi connectivity index (χ1) is 6.98. The lowest BCUT2D eigenvalue weighted by atomic mass is 9.94. The molecule has 0 spiro atoms. The Morgan fingerprint density at radius 1 is 1.27 bits per heavy atom. The molecule has 5 heteroatoms. The van der Waals surface area contributed by atoms with Crippen LogP contribution in [0.1, 0.15) is 32.3 Å². The molecule has 0 aliphatic heterocycles. The van der Waals surface area contributed by atoms with Gasteiger partial charge in [0, 0.05) is 17.5 Å². The van der Waals surface area contributed by atoms with Gasteiger partial charge in [-0.05, 0) is 30.5 Å². The van der Waals surface area contributed by atoms with Crippen molar-refractivity contribution in [2.75, 3.05) is 0 Å². The van der Waals surface area contributed by atoms with Crippen molar-refractivity contribution in [3.63, 3.8) is 0 Å². The average Bonchev–Trinajstić information content (AvgIpc) is 2.20. The molecule has 1 aromatic rings. The van der Waals surface area contributed by atoms with Crippen LogP contribution in [0.5, 0.6) is 0 Å². The first kappa shape index (κ1) is 12.4. The summed E-state index contributed by atoms with van der Waals surface area (Å²) in [6.07, 6.45) is 3.59. The Hall–Kier alpha value is -0.700. The van der Waals surface area contributed by atoms with Crippen molar-refractivity contribution in [2.24, 2.45) is 0 Å². The number of hydrogen-bond acceptors (Lipinski definition) is 4. The van der Waals surface area contributed by atoms with Gasteiger partial charge in [0.1, 0.15) is 0 Å². The van der Waals surface area contributed by atoms with Crippen LogP contribution in [0.4, 0.5) is 0 Å². The monoisotopic (exact) mass is 227 g/mol. The predicted molar refractivity (Wildman–Crippen MR) is 54.1 cm³/mol. The standard InChI is InChI=1S/C10H16NO3P/c1-3-10(4-2,15(12,13)14)9-5-7-11-8-6-9/h5-8H,3-4H2,1-2H3,(H2,12,13,14)/p-2. The number of pyridine rings is 1. The second kappa shape index (κ2) is 4.44. The molecular formula is C10H14NO3P-2. The molecular weight excluding hydrogens is 213 g/mol. The van der Waals surface area contributed by atoms with E-state index in [1.807, 2.05) is 0 Å². The number of rotatable bonds is 4. The van der Waals surface area contributed by atoms with E-state index in [9.17, 15) is 14.4 Å². The predicted octanol–water partition coefficient (Wildman–Crippen LogP) is 1.01. The second-order valence-corrected chi connectivity index (χ2v) is 5.32. The maximum atomic E-state index is 11.4. The first-order valence-electron chi connectivity index (χ1n) is 4.90. The van der Waals surface area contributed by atoms with Crippen LogP contribution in [0.2, 0.25) is 0 Å². The van der Waals surface area contributed by atoms with Gasteiger partial charge in [-0.3, -0.25) is 4.98 Å². The molecule has 0 radical (unpaired) electrons. The van der Waals surface area contributed by atoms with Crippen molar-refractivity contribution in [3.05, 3.63) is 30.1 Å². The van der Waals surface area contributed by atoms with Gasteiger partial charge >= 0.3 is 0 Å². The van der Waals surface area contributed by atoms with Crippen LogP contribution in [0.3, 0.4) is 0 Å². The molecule has 0 unspecified atom stereocenters. The van der Waals surface area contributed by atoms with E-state index in [0.717, 1.165) is 0 Å². The Bertz CT molecular complexity index is 356. The molecule has 1 aromatic heterocycles. The van der Waals surface area contributed by atoms with Crippen molar-refractivity contribution < 1.29 is 14.4 Å². The largest absolute Gasteiger partial charge is 0.810 e. The zero-order valence-electron chi connectivity index (χ0n) is 8.84. The summed E-state index contributed by atoms with van der Waals surface area (Å²) < 4.78 is 11.4. The molecule has 0 atom stereocenters. The van der Waals surface area contributed by atoms with E-state index in [2.05, 4.69) is 4.98 Å². The Morgan fingerprint density at radius 2 is 1.73 bits per heavy atom. The topological polar surface area (TPSA) is 76.1 Å². The third kappa shape index (κ3) is 2.12. The van der Waals surface area contributed by atoms with E-state index >= 15 is 0 Å². The van der Waals surface area contributed by atoms with Crippen molar-refractivity contribution >= 4 is 7.60 Å². The van der Waals surface area contributed by atoms with Gasteiger partial charge in [0.15, 0.2) is 0 Å². The summed E-state index contributed by atoms with van der Waals surface area (Å²) in [4.78, 5) is 26.6. The normalized spacial score (nSPS) is 12.8. The van der Waals surface area contributed by atoms with Crippen LogP contribution in [-0.2, 0) is 9.72 Å². The van der Waals surface area contributed by atoms with Crippen molar-refractivity contribution in [2.45, 2.75) is 31.8 Å². The van der Waals surface area contributed by atoms with Crippen LogP contribution in [0, 0.1) is 0 Å². The molecule has 0 N–H and O–H groups in total. The Kier molecular flexibility index (Phi) is 3.66. The molecule has 1 heterocycles. The van der Waals surface area contributed by atoms with E-state index < -0.39 is 12.8 Å². The Balaban J connectivity index is 3.31. The van der Waals surface area contributed by atoms with Crippen LogP contribution in [-0.4, -0.2) is 4.98 Å². The minimum Gasteiger partial charge on any atom is -0.810 e. The summed E-state index contributed by atoms with van der Waals surface area (Å²) in [5.41, 5.74) is 0.538. The molecule has 84 valence electrons. The van der Waals surface area contributed by atoms with Gasteiger partial charge in [0.25, 0.3) is 0 Å². The molecule has 4 nitrogen and oxygen atoms in total. The highest BCUT2D eigenvalue weighted by molar-refractivity contribution is 7.50. The summed E-state index contributed by atoms with van der Waals surface area (Å²) >= 11 is 0. The fourth-order valence-electron chi connectivity index (χ4n) is 1.87. The van der Waals surface area contributed by atoms with Crippen LogP contribution < -0.4 is 9.79 Å². The van der Waals surface area contributed by atoms with Gasteiger partial charge in [-0.1, -0.05) is 21.4 Å². The maximum Gasteiger partial charge on any atom is 0.0270 e. The third-order valence-corrected chi connectivity index (χ3v) is 4.85. The summed E-state index contributed by atoms with van der Waals surface area (Å²) in [5, 5.41) is -1.28. The Labute approximate surface area is 89.5 Å². The summed E-state index contributed by atoms with van der Waals surface area (Å²) in [5.74, 6) is 0. The van der Waals surface area contributed by atoms with E-state index in [1.54, 1.807) is 26.0 Å². The highest BCUT2D eigenvalue weighted by Gasteiger charge is 2.32. The highest BCUT2D eigenvalue weighted by atomic mass is 31.2. The molecule has 15 heavy (non-hydrogen) atoms. The fourth-order valence-corrected chi connectivity index (χ4v) is 3.11. The van der Waals surface area contributed by atoms with Gasteiger partial charge in [0.2, 0.25) is 0 Å². The Morgan fingerprint density at radius 3 is 2.07 bits per heavy atom. The number of nitrogens with zero attached hydrogens (tertiary/aromatic N) is 1. The van der Waals surface area contributed by atoms with Gasteiger partial charge in [-0.25, -0.2) is 0 Å². The molecule has 1 rings (SSSR count). The van der Waals surface area contributed by atoms with Gasteiger partial charge in [-0.15, -0.1) is 0 Å². The van der Waals surface area contributed by atoms with Gasteiger partial charge in [-0.2, -0.15) is 0 Å². The highest BCUT2D eigenvalue weighted by Crippen LogP contribution is 2.54. The van der Waals surface area contributed by atoms with Crippen molar-refractivity contribution in [1.82, 2.24) is 4.98 Å². The smallest absolute Gasteiger partial charge is 0.0270 e. The van der Waals surface area contributed by atoms with E-state index in [1.165, 1.54) is 12.4 Å². The zero-order chi connectivity index (χ0) is 11.5. The summed E-state index contributed by atoms with van der Waals surface area (Å²) in [6, 6.07) is 3.19. The quantitative estimate of drug-likeness (QED) is 0.719. The molecule has 0 bridgehead atoms. The lowest BCUT2D eigenvalue weighted by Gasteiger charge is -2.49. The van der Waals surface area contributed by atoms with E-state index in [-0.39, 0.29) is 12.8 Å². The van der Waals surface area contributed by atoms with E-state index in [4.69, 9.17) is 0 Å². The summed E-state index contributed by atoms with van der Waals surface area (Å²) in [7, 11) is -4.66. The third-order valence-electron chi connectivity index (χ3n) is 2.91. The maximum absolute atomic E-state index is 11.4. The first-order valence-corrected chi connectivity index (χ1v) is 6.45. The van der Waals surface area contributed by atoms with Gasteiger partial charge < -0.3 is 14.4 Å². The fraction of sp³-hybridized carbons (Fsp3) is 0.500. The molecule has 0 aliphatic carbocycles. The SMILES string of the molecule is CCC(CC)(c1ccncc1)P(=O)([O-])[O-]. The van der Waals surface area contributed by atoms with Crippen molar-refractivity contribution in [3.8, 4) is 0 Å². The minimum atomic E-state index is -4.66. The average molecular weight is 227 g/mol. The molecule has 0 aliphatic rings. The molecule has 0 saturated heterocycles. The van der Waals surface area contributed by atoms with Crippen LogP contribution >= 0.6 is 7.60 Å². The second-order valence-electron chi connectivity index (χ2n) is 3.47. The molecule has 0 saturated carbocycles. The molecule has 0 fully saturated rings.